The monoisotopic (exact) mass is 610 g/mol. The molecule has 1 aromatic carbocycles. The van der Waals surface area contributed by atoms with Crippen molar-refractivity contribution in [3.05, 3.63) is 73.5 Å². The Morgan fingerprint density at radius 3 is 2.74 bits per heavy atom. The number of fused-ring (bicyclic) bond motifs is 2. The number of rotatable bonds is 5. The van der Waals surface area contributed by atoms with Gasteiger partial charge in [0, 0.05) is 58.7 Å². The van der Waals surface area contributed by atoms with Gasteiger partial charge < -0.3 is 15.0 Å². The molecule has 1 atom stereocenters. The summed E-state index contributed by atoms with van der Waals surface area (Å²) in [5.74, 6) is 0.632. The van der Waals surface area contributed by atoms with E-state index in [0.717, 1.165) is 56.9 Å². The van der Waals surface area contributed by atoms with Crippen molar-refractivity contribution in [2.24, 2.45) is 0 Å². The first kappa shape index (κ1) is 28.9. The van der Waals surface area contributed by atoms with Crippen LogP contribution in [0.15, 0.2) is 46.2 Å². The SMILES string of the molecule is Cc1cnc2cc(Cn3c(=O)ccn(CC(F)(F)F)c3=O)sc2c1-c1cc(C#N)cc2c1N([C@@H]1CNC(C)(C)C1)CCO2. The average Bonchev–Trinajstić information content (AvgIpc) is 3.53. The Bertz CT molecular complexity index is 1900. The molecule has 2 aliphatic rings. The van der Waals surface area contributed by atoms with Crippen LogP contribution in [0.1, 0.15) is 36.3 Å². The lowest BCUT2D eigenvalue weighted by molar-refractivity contribution is -0.141. The molecule has 6 rings (SSSR count). The molecule has 0 spiro atoms. The maximum atomic E-state index is 13.0. The molecule has 0 radical (unpaired) electrons. The molecule has 1 saturated heterocycles. The Labute approximate surface area is 248 Å². The quantitative estimate of drug-likeness (QED) is 0.357. The minimum absolute atomic E-state index is 0.0212. The number of ether oxygens (including phenoxy) is 1. The Hall–Kier alpha value is -4.15. The lowest BCUT2D eigenvalue weighted by atomic mass is 9.94. The van der Waals surface area contributed by atoms with Crippen molar-refractivity contribution < 1.29 is 17.9 Å². The fourth-order valence-corrected chi connectivity index (χ4v) is 7.26. The molecule has 0 unspecified atom stereocenters. The molecule has 1 N–H and O–H groups in total. The molecule has 43 heavy (non-hydrogen) atoms. The van der Waals surface area contributed by atoms with Gasteiger partial charge in [-0.2, -0.15) is 18.4 Å². The number of aromatic nitrogens is 3. The molecule has 4 aromatic rings. The Morgan fingerprint density at radius 1 is 1.26 bits per heavy atom. The van der Waals surface area contributed by atoms with Crippen molar-refractivity contribution in [3.63, 3.8) is 0 Å². The molecule has 1 fully saturated rings. The van der Waals surface area contributed by atoms with Crippen molar-refractivity contribution in [2.75, 3.05) is 24.6 Å². The summed E-state index contributed by atoms with van der Waals surface area (Å²) >= 11 is 1.31. The van der Waals surface area contributed by atoms with Crippen molar-refractivity contribution in [3.8, 4) is 22.9 Å². The van der Waals surface area contributed by atoms with E-state index in [1.54, 1.807) is 18.3 Å². The van der Waals surface area contributed by atoms with Crippen LogP contribution in [0.3, 0.4) is 0 Å². The molecule has 0 amide bonds. The zero-order chi connectivity index (χ0) is 30.7. The maximum absolute atomic E-state index is 13.0. The topological polar surface area (TPSA) is 105 Å². The van der Waals surface area contributed by atoms with Crippen LogP contribution in [0, 0.1) is 18.3 Å². The molecule has 0 aliphatic carbocycles. The summed E-state index contributed by atoms with van der Waals surface area (Å²) < 4.78 is 47.2. The van der Waals surface area contributed by atoms with Gasteiger partial charge in [0.05, 0.1) is 40.6 Å². The summed E-state index contributed by atoms with van der Waals surface area (Å²) in [5, 5.41) is 13.5. The van der Waals surface area contributed by atoms with Gasteiger partial charge in [-0.1, -0.05) is 0 Å². The fourth-order valence-electron chi connectivity index (χ4n) is 6.05. The van der Waals surface area contributed by atoms with Gasteiger partial charge in [0.2, 0.25) is 0 Å². The van der Waals surface area contributed by atoms with Gasteiger partial charge in [-0.25, -0.2) is 4.79 Å². The predicted octanol–water partition coefficient (Wildman–Crippen LogP) is 4.42. The van der Waals surface area contributed by atoms with Gasteiger partial charge in [0.1, 0.15) is 18.9 Å². The summed E-state index contributed by atoms with van der Waals surface area (Å²) in [5.41, 5.74) is 2.74. The van der Waals surface area contributed by atoms with Gasteiger partial charge >= 0.3 is 11.9 Å². The molecular formula is C30H29F3N6O3S. The highest BCUT2D eigenvalue weighted by Crippen LogP contribution is 2.47. The largest absolute Gasteiger partial charge is 0.489 e. The first-order chi connectivity index (χ1) is 20.3. The third kappa shape index (κ3) is 5.52. The summed E-state index contributed by atoms with van der Waals surface area (Å²) in [6, 6.07) is 8.78. The van der Waals surface area contributed by atoms with E-state index in [2.05, 4.69) is 35.1 Å². The second kappa shape index (κ2) is 10.5. The highest BCUT2D eigenvalue weighted by Gasteiger charge is 2.37. The van der Waals surface area contributed by atoms with Crippen LogP contribution in [0.4, 0.5) is 18.9 Å². The summed E-state index contributed by atoms with van der Waals surface area (Å²) in [4.78, 5) is 32.9. The number of thiophene rings is 1. The number of halogens is 3. The second-order valence-corrected chi connectivity index (χ2v) is 12.8. The number of nitriles is 1. The van der Waals surface area contributed by atoms with Crippen LogP contribution in [0.2, 0.25) is 0 Å². The van der Waals surface area contributed by atoms with Crippen LogP contribution in [-0.4, -0.2) is 51.6 Å². The molecule has 9 nitrogen and oxygen atoms in total. The fraction of sp³-hybridized carbons (Fsp3) is 0.400. The lowest BCUT2D eigenvalue weighted by Gasteiger charge is -2.38. The van der Waals surface area contributed by atoms with E-state index in [9.17, 15) is 28.0 Å². The normalized spacial score (nSPS) is 18.0. The molecule has 2 aliphatic heterocycles. The number of aryl methyl sites for hydroxylation is 1. The predicted molar refractivity (Wildman–Crippen MR) is 158 cm³/mol. The Morgan fingerprint density at radius 2 is 2.05 bits per heavy atom. The molecular weight excluding hydrogens is 581 g/mol. The second-order valence-electron chi connectivity index (χ2n) is 11.7. The smallest absolute Gasteiger partial charge is 0.406 e. The molecule has 5 heterocycles. The van der Waals surface area contributed by atoms with Gasteiger partial charge in [-0.15, -0.1) is 11.3 Å². The third-order valence-corrected chi connectivity index (χ3v) is 9.07. The van der Waals surface area contributed by atoms with Crippen molar-refractivity contribution in [1.82, 2.24) is 19.4 Å². The maximum Gasteiger partial charge on any atom is 0.406 e. The van der Waals surface area contributed by atoms with Crippen LogP contribution in [-0.2, 0) is 13.1 Å². The summed E-state index contributed by atoms with van der Waals surface area (Å²) in [7, 11) is 0. The van der Waals surface area contributed by atoms with E-state index < -0.39 is 24.0 Å². The van der Waals surface area contributed by atoms with Crippen LogP contribution in [0.25, 0.3) is 21.3 Å². The number of pyridine rings is 1. The van der Waals surface area contributed by atoms with Gasteiger partial charge in [0.15, 0.2) is 0 Å². The van der Waals surface area contributed by atoms with E-state index in [1.165, 1.54) is 11.3 Å². The number of nitrogens with one attached hydrogen (secondary N) is 1. The number of anilines is 1. The Balaban J connectivity index is 1.48. The van der Waals surface area contributed by atoms with Crippen LogP contribution >= 0.6 is 11.3 Å². The first-order valence-corrected chi connectivity index (χ1v) is 14.6. The lowest BCUT2D eigenvalue weighted by Crippen LogP contribution is -2.42. The minimum Gasteiger partial charge on any atom is -0.489 e. The highest BCUT2D eigenvalue weighted by molar-refractivity contribution is 7.19. The first-order valence-electron chi connectivity index (χ1n) is 13.8. The zero-order valence-electron chi connectivity index (χ0n) is 23.8. The van der Waals surface area contributed by atoms with E-state index in [-0.39, 0.29) is 18.1 Å². The van der Waals surface area contributed by atoms with E-state index in [0.29, 0.717) is 39.4 Å². The van der Waals surface area contributed by atoms with Crippen molar-refractivity contribution >= 4 is 27.2 Å². The van der Waals surface area contributed by atoms with E-state index in [1.807, 2.05) is 13.0 Å². The third-order valence-electron chi connectivity index (χ3n) is 7.94. The number of nitrogens with zero attached hydrogens (tertiary/aromatic N) is 5. The average molecular weight is 611 g/mol. The van der Waals surface area contributed by atoms with Crippen molar-refractivity contribution in [1.29, 1.82) is 5.26 Å². The Kier molecular flexibility index (Phi) is 7.09. The molecule has 3 aromatic heterocycles. The molecule has 0 saturated carbocycles. The van der Waals surface area contributed by atoms with Gasteiger partial charge in [-0.05, 0) is 44.9 Å². The number of hydrogen-bond donors (Lipinski definition) is 1. The van der Waals surface area contributed by atoms with E-state index in [4.69, 9.17) is 4.74 Å². The number of alkyl halides is 3. The van der Waals surface area contributed by atoms with Crippen LogP contribution in [0.5, 0.6) is 5.75 Å². The number of hydrogen-bond acceptors (Lipinski definition) is 8. The summed E-state index contributed by atoms with van der Waals surface area (Å²) in [6.45, 7) is 6.56. The minimum atomic E-state index is -4.61. The molecule has 224 valence electrons. The van der Waals surface area contributed by atoms with Crippen LogP contribution < -0.4 is 26.2 Å². The molecule has 0 bridgehead atoms. The summed E-state index contributed by atoms with van der Waals surface area (Å²) in [6.07, 6.45) is -1.09. The number of benzene rings is 1. The van der Waals surface area contributed by atoms with Gasteiger partial charge in [0.25, 0.3) is 5.56 Å². The highest BCUT2D eigenvalue weighted by atomic mass is 32.1. The van der Waals surface area contributed by atoms with Gasteiger partial charge in [-0.3, -0.25) is 18.9 Å². The zero-order valence-corrected chi connectivity index (χ0v) is 24.6. The van der Waals surface area contributed by atoms with E-state index >= 15 is 0 Å². The standard InChI is InChI=1S/C30H29F3N6O3S/c1-17-13-35-22-10-20(15-39-24(40)4-5-37(28(39)41)16-30(31,32)33)43-27(22)25(17)21-8-18(12-34)9-23-26(21)38(6-7-42-23)19-11-29(2,3)36-14-19/h4-5,8-10,13,19,36H,6-7,11,14-16H2,1-3H3/t19-/m0/s1. The molecule has 13 heteroatoms. The van der Waals surface area contributed by atoms with Crippen molar-refractivity contribution in [2.45, 2.75) is 58.0 Å².